The summed E-state index contributed by atoms with van der Waals surface area (Å²) < 4.78 is 45.8. The molecule has 0 bridgehead atoms. The summed E-state index contributed by atoms with van der Waals surface area (Å²) in [5.74, 6) is -4.92. The zero-order chi connectivity index (χ0) is 24.6. The molecular weight excluding hydrogens is 431 g/mol. The largest absolute Gasteiger partial charge is 0.481 e. The maximum Gasteiger partial charge on any atom is 0.300 e. The van der Waals surface area contributed by atoms with E-state index in [-0.39, 0.29) is 36.8 Å². The van der Waals surface area contributed by atoms with Crippen LogP contribution in [0.4, 0.5) is 13.2 Å². The van der Waals surface area contributed by atoms with Crippen LogP contribution in [0.15, 0.2) is 12.1 Å². The van der Waals surface area contributed by atoms with Gasteiger partial charge < -0.3 is 25.8 Å². The van der Waals surface area contributed by atoms with Crippen LogP contribution in [0.2, 0.25) is 0 Å². The standard InChI is InChI=1S/C19H26F3N3O3.C2H4O2/c1-19(2,3)28-10-16-18(27)24-4-5-25(16)17(26)8-12(23)6-11-7-14(21)15(22)9-13(11)20;1-2(3)4/h7,9,12,16H,4-6,8,10,23H2,1-3H3,(H,24,27);1H3,(H,3,4)/t12-,16-;/m1./s1. The van der Waals surface area contributed by atoms with E-state index in [1.165, 1.54) is 4.90 Å². The van der Waals surface area contributed by atoms with Crippen molar-refractivity contribution in [1.29, 1.82) is 0 Å². The molecule has 2 rings (SSSR count). The first-order valence-electron chi connectivity index (χ1n) is 10.0. The molecule has 1 aliphatic rings. The topological polar surface area (TPSA) is 122 Å². The van der Waals surface area contributed by atoms with Gasteiger partial charge in [-0.3, -0.25) is 14.4 Å². The van der Waals surface area contributed by atoms with Crippen LogP contribution in [0.3, 0.4) is 0 Å². The van der Waals surface area contributed by atoms with E-state index in [4.69, 9.17) is 20.4 Å². The Morgan fingerprint density at radius 1 is 1.25 bits per heavy atom. The highest BCUT2D eigenvalue weighted by Gasteiger charge is 2.34. The molecule has 180 valence electrons. The van der Waals surface area contributed by atoms with Crippen LogP contribution in [0.1, 0.15) is 39.7 Å². The van der Waals surface area contributed by atoms with E-state index in [1.807, 2.05) is 20.8 Å². The molecule has 1 aromatic rings. The van der Waals surface area contributed by atoms with Crippen LogP contribution in [-0.2, 0) is 25.5 Å². The number of nitrogens with one attached hydrogen (secondary N) is 1. The van der Waals surface area contributed by atoms with Gasteiger partial charge in [-0.2, -0.15) is 0 Å². The summed E-state index contributed by atoms with van der Waals surface area (Å²) in [6.45, 7) is 7.25. The first-order chi connectivity index (χ1) is 14.7. The first-order valence-corrected chi connectivity index (χ1v) is 10.0. The number of nitrogens with zero attached hydrogens (tertiary/aromatic N) is 1. The van der Waals surface area contributed by atoms with Crippen molar-refractivity contribution < 1.29 is 37.4 Å². The van der Waals surface area contributed by atoms with Gasteiger partial charge in [0.2, 0.25) is 11.8 Å². The van der Waals surface area contributed by atoms with Gasteiger partial charge in [0.05, 0.1) is 12.2 Å². The molecule has 4 N–H and O–H groups in total. The normalized spacial score (nSPS) is 17.2. The van der Waals surface area contributed by atoms with E-state index >= 15 is 0 Å². The second-order valence-electron chi connectivity index (χ2n) is 8.36. The summed E-state index contributed by atoms with van der Waals surface area (Å²) in [6.07, 6.45) is -0.310. The van der Waals surface area contributed by atoms with Crippen LogP contribution in [-0.4, -0.2) is 65.2 Å². The summed E-state index contributed by atoms with van der Waals surface area (Å²) in [7, 11) is 0. The third-order valence-electron chi connectivity index (χ3n) is 4.33. The van der Waals surface area contributed by atoms with Crippen LogP contribution in [0.5, 0.6) is 0 Å². The van der Waals surface area contributed by atoms with Gasteiger partial charge in [-0.1, -0.05) is 0 Å². The molecule has 2 amide bonds. The number of rotatable bonds is 6. The van der Waals surface area contributed by atoms with Crippen molar-refractivity contribution in [3.05, 3.63) is 35.1 Å². The average molecular weight is 461 g/mol. The quantitative estimate of drug-likeness (QED) is 0.553. The number of carboxylic acid groups (broad SMARTS) is 1. The number of ether oxygens (including phenoxy) is 1. The maximum absolute atomic E-state index is 13.8. The van der Waals surface area contributed by atoms with Gasteiger partial charge >= 0.3 is 0 Å². The van der Waals surface area contributed by atoms with Crippen molar-refractivity contribution >= 4 is 17.8 Å². The minimum Gasteiger partial charge on any atom is -0.481 e. The Hall–Kier alpha value is -2.66. The number of carbonyl (C=O) groups excluding carboxylic acids is 2. The van der Waals surface area contributed by atoms with Gasteiger partial charge in [0, 0.05) is 38.5 Å². The lowest BCUT2D eigenvalue weighted by atomic mass is 10.0. The molecule has 11 heteroatoms. The van der Waals surface area contributed by atoms with E-state index in [2.05, 4.69) is 5.32 Å². The van der Waals surface area contributed by atoms with Crippen molar-refractivity contribution in [3.63, 3.8) is 0 Å². The summed E-state index contributed by atoms with van der Waals surface area (Å²) in [6, 6.07) is -0.411. The van der Waals surface area contributed by atoms with Crippen LogP contribution >= 0.6 is 0 Å². The smallest absolute Gasteiger partial charge is 0.300 e. The SMILES string of the molecule is CC(=O)O.CC(C)(C)OC[C@@H]1C(=O)NCCN1C(=O)C[C@H](N)Cc1cc(F)c(F)cc1F. The third kappa shape index (κ3) is 9.23. The summed E-state index contributed by atoms with van der Waals surface area (Å²) >= 11 is 0. The second kappa shape index (κ2) is 11.8. The molecule has 0 saturated carbocycles. The number of piperazine rings is 1. The number of carboxylic acids is 1. The zero-order valence-corrected chi connectivity index (χ0v) is 18.6. The van der Waals surface area contributed by atoms with E-state index < -0.39 is 41.1 Å². The van der Waals surface area contributed by atoms with Crippen molar-refractivity contribution in [2.75, 3.05) is 19.7 Å². The van der Waals surface area contributed by atoms with Gasteiger partial charge in [-0.05, 0) is 38.8 Å². The predicted molar refractivity (Wildman–Crippen MR) is 110 cm³/mol. The molecule has 1 heterocycles. The zero-order valence-electron chi connectivity index (χ0n) is 18.6. The molecule has 0 aliphatic carbocycles. The summed E-state index contributed by atoms with van der Waals surface area (Å²) in [5.41, 5.74) is 5.34. The lowest BCUT2D eigenvalue weighted by Crippen LogP contribution is -2.60. The molecule has 1 fully saturated rings. The Labute approximate surface area is 184 Å². The summed E-state index contributed by atoms with van der Waals surface area (Å²) in [5, 5.41) is 10.1. The Morgan fingerprint density at radius 2 is 1.81 bits per heavy atom. The van der Waals surface area contributed by atoms with Gasteiger partial charge in [-0.15, -0.1) is 0 Å². The van der Waals surface area contributed by atoms with Crippen LogP contribution in [0.25, 0.3) is 0 Å². The number of hydrogen-bond donors (Lipinski definition) is 3. The highest BCUT2D eigenvalue weighted by molar-refractivity contribution is 5.89. The Kier molecular flexibility index (Phi) is 10.1. The number of nitrogens with two attached hydrogens (primary N) is 1. The first kappa shape index (κ1) is 27.4. The van der Waals surface area contributed by atoms with E-state index in [0.717, 1.165) is 13.0 Å². The van der Waals surface area contributed by atoms with Crippen molar-refractivity contribution in [2.45, 2.75) is 58.2 Å². The molecule has 2 atom stereocenters. The van der Waals surface area contributed by atoms with Crippen LogP contribution in [0, 0.1) is 17.5 Å². The molecule has 8 nitrogen and oxygen atoms in total. The molecule has 1 saturated heterocycles. The lowest BCUT2D eigenvalue weighted by molar-refractivity contribution is -0.148. The Morgan fingerprint density at radius 3 is 2.38 bits per heavy atom. The van der Waals surface area contributed by atoms with E-state index in [1.54, 1.807) is 0 Å². The molecule has 0 unspecified atom stereocenters. The maximum atomic E-state index is 13.8. The number of benzene rings is 1. The van der Waals surface area contributed by atoms with Crippen molar-refractivity contribution in [2.24, 2.45) is 5.73 Å². The number of carbonyl (C=O) groups is 3. The van der Waals surface area contributed by atoms with Crippen LogP contribution < -0.4 is 11.1 Å². The highest BCUT2D eigenvalue weighted by Crippen LogP contribution is 2.17. The van der Waals surface area contributed by atoms with Gasteiger partial charge in [0.1, 0.15) is 11.9 Å². The van der Waals surface area contributed by atoms with Gasteiger partial charge in [-0.25, -0.2) is 13.2 Å². The number of hydrogen-bond acceptors (Lipinski definition) is 5. The second-order valence-corrected chi connectivity index (χ2v) is 8.36. The molecule has 0 radical (unpaired) electrons. The van der Waals surface area contributed by atoms with Gasteiger partial charge in [0.25, 0.3) is 5.97 Å². The fourth-order valence-corrected chi connectivity index (χ4v) is 2.92. The molecule has 1 aromatic carbocycles. The molecule has 1 aliphatic heterocycles. The lowest BCUT2D eigenvalue weighted by Gasteiger charge is -2.36. The van der Waals surface area contributed by atoms with E-state index in [9.17, 15) is 22.8 Å². The van der Waals surface area contributed by atoms with Crippen molar-refractivity contribution in [1.82, 2.24) is 10.2 Å². The summed E-state index contributed by atoms with van der Waals surface area (Å²) in [4.78, 5) is 35.2. The predicted octanol–water partition coefficient (Wildman–Crippen LogP) is 1.60. The van der Waals surface area contributed by atoms with Gasteiger partial charge in [0.15, 0.2) is 11.6 Å². The minimum absolute atomic E-state index is 0.0358. The third-order valence-corrected chi connectivity index (χ3v) is 4.33. The molecular formula is C21H30F3N3O5. The molecule has 0 aromatic heterocycles. The monoisotopic (exact) mass is 461 g/mol. The number of aliphatic carboxylic acids is 1. The molecule has 32 heavy (non-hydrogen) atoms. The minimum atomic E-state index is -1.29. The number of halogens is 3. The molecule has 0 spiro atoms. The van der Waals surface area contributed by atoms with E-state index in [0.29, 0.717) is 19.2 Å². The Bertz CT molecular complexity index is 826. The Balaban J connectivity index is 0.00000118. The van der Waals surface area contributed by atoms with Crippen molar-refractivity contribution in [3.8, 4) is 0 Å². The fourth-order valence-electron chi connectivity index (χ4n) is 2.92. The number of amides is 2. The fraction of sp³-hybridized carbons (Fsp3) is 0.571. The highest BCUT2D eigenvalue weighted by atomic mass is 19.2. The average Bonchev–Trinajstić information content (AvgIpc) is 2.63.